The van der Waals surface area contributed by atoms with Gasteiger partial charge in [0.05, 0.1) is 17.4 Å². The Balaban J connectivity index is 1.69. The predicted molar refractivity (Wildman–Crippen MR) is 104 cm³/mol. The third-order valence-electron chi connectivity index (χ3n) is 6.68. The molecular formula is C23H26N2. The number of para-hydroxylation sites is 1. The van der Waals surface area contributed by atoms with Crippen LogP contribution in [-0.4, -0.2) is 9.78 Å². The highest BCUT2D eigenvalue weighted by atomic mass is 15.3. The van der Waals surface area contributed by atoms with E-state index in [1.54, 1.807) is 11.1 Å². The number of hydrogen-bond donors (Lipinski definition) is 0. The van der Waals surface area contributed by atoms with Crippen LogP contribution in [0.15, 0.2) is 42.6 Å². The Labute approximate surface area is 149 Å². The molecule has 2 aliphatic carbocycles. The van der Waals surface area contributed by atoms with Crippen molar-refractivity contribution in [2.45, 2.75) is 63.7 Å². The van der Waals surface area contributed by atoms with Crippen LogP contribution in [0.25, 0.3) is 16.6 Å². The molecule has 2 nitrogen and oxygen atoms in total. The van der Waals surface area contributed by atoms with Gasteiger partial charge in [-0.15, -0.1) is 0 Å². The van der Waals surface area contributed by atoms with Crippen LogP contribution in [0.3, 0.4) is 0 Å². The van der Waals surface area contributed by atoms with Gasteiger partial charge in [0.15, 0.2) is 0 Å². The van der Waals surface area contributed by atoms with Crippen LogP contribution in [0.1, 0.15) is 80.4 Å². The zero-order chi connectivity index (χ0) is 17.0. The van der Waals surface area contributed by atoms with Crippen LogP contribution < -0.4 is 0 Å². The fraction of sp³-hybridized carbons (Fsp3) is 0.435. The molecule has 1 aromatic heterocycles. The first-order chi connectivity index (χ1) is 12.3. The highest BCUT2D eigenvalue weighted by Crippen LogP contribution is 2.53. The normalized spacial score (nSPS) is 21.4. The molecule has 0 spiro atoms. The van der Waals surface area contributed by atoms with E-state index in [4.69, 9.17) is 5.10 Å². The highest BCUT2D eigenvalue weighted by Gasteiger charge is 2.37. The van der Waals surface area contributed by atoms with Gasteiger partial charge >= 0.3 is 0 Å². The maximum Gasteiger partial charge on any atom is 0.0744 e. The maximum atomic E-state index is 4.80. The lowest BCUT2D eigenvalue weighted by Gasteiger charge is -2.19. The lowest BCUT2D eigenvalue weighted by Crippen LogP contribution is -2.06. The highest BCUT2D eigenvalue weighted by molar-refractivity contribution is 5.83. The zero-order valence-electron chi connectivity index (χ0n) is 15.2. The first-order valence-electron chi connectivity index (χ1n) is 9.91. The lowest BCUT2D eigenvalue weighted by atomic mass is 9.90. The molecule has 0 saturated heterocycles. The van der Waals surface area contributed by atoms with Gasteiger partial charge in [-0.25, -0.2) is 4.68 Å². The van der Waals surface area contributed by atoms with Gasteiger partial charge in [-0.2, -0.15) is 5.10 Å². The fourth-order valence-electron chi connectivity index (χ4n) is 5.31. The van der Waals surface area contributed by atoms with Crippen LogP contribution in [-0.2, 0) is 0 Å². The SMILES string of the molecule is CCC(CC)c1ccccc1-n1ncc2cc3c(cc21)C1CCC3C1. The maximum absolute atomic E-state index is 4.80. The second-order valence-electron chi connectivity index (χ2n) is 7.88. The molecule has 2 atom stereocenters. The van der Waals surface area contributed by atoms with E-state index in [9.17, 15) is 0 Å². The quantitative estimate of drug-likeness (QED) is 0.549. The van der Waals surface area contributed by atoms with E-state index >= 15 is 0 Å². The van der Waals surface area contributed by atoms with Crippen LogP contribution in [0.2, 0.25) is 0 Å². The zero-order valence-corrected chi connectivity index (χ0v) is 15.2. The van der Waals surface area contributed by atoms with Crippen molar-refractivity contribution < 1.29 is 0 Å². The summed E-state index contributed by atoms with van der Waals surface area (Å²) in [7, 11) is 0. The Morgan fingerprint density at radius 1 is 1.04 bits per heavy atom. The third-order valence-corrected chi connectivity index (χ3v) is 6.68. The van der Waals surface area contributed by atoms with Gasteiger partial charge in [0.1, 0.15) is 0 Å². The molecule has 3 aromatic rings. The second kappa shape index (κ2) is 5.72. The largest absolute Gasteiger partial charge is 0.233 e. The Bertz CT molecular complexity index is 932. The predicted octanol–water partition coefficient (Wildman–Crippen LogP) is 6.29. The Morgan fingerprint density at radius 2 is 1.76 bits per heavy atom. The summed E-state index contributed by atoms with van der Waals surface area (Å²) < 4.78 is 2.19. The molecule has 0 radical (unpaired) electrons. The number of aromatic nitrogens is 2. The van der Waals surface area contributed by atoms with Crippen molar-refractivity contribution in [3.05, 3.63) is 59.3 Å². The minimum absolute atomic E-state index is 0.598. The number of benzene rings is 2. The van der Waals surface area contributed by atoms with Crippen molar-refractivity contribution >= 4 is 10.9 Å². The Hall–Kier alpha value is -2.09. The van der Waals surface area contributed by atoms with E-state index in [1.165, 1.54) is 54.3 Å². The molecule has 2 aliphatic rings. The van der Waals surface area contributed by atoms with Crippen LogP contribution >= 0.6 is 0 Å². The molecule has 0 amide bonds. The summed E-state index contributed by atoms with van der Waals surface area (Å²) in [4.78, 5) is 0. The van der Waals surface area contributed by atoms with Gasteiger partial charge < -0.3 is 0 Å². The standard InChI is InChI=1S/C23H26N2/c1-3-15(4-2)19-7-5-6-8-22(19)25-23-13-21-17-10-9-16(11-17)20(21)12-18(23)14-24-25/h5-8,12-17H,3-4,9-11H2,1-2H3. The van der Waals surface area contributed by atoms with Crippen molar-refractivity contribution in [3.63, 3.8) is 0 Å². The molecule has 0 N–H and O–H groups in total. The molecule has 2 bridgehead atoms. The molecule has 2 unspecified atom stereocenters. The first kappa shape index (κ1) is 15.2. The van der Waals surface area contributed by atoms with E-state index in [1.807, 2.05) is 0 Å². The van der Waals surface area contributed by atoms with Gasteiger partial charge in [0.2, 0.25) is 0 Å². The van der Waals surface area contributed by atoms with E-state index in [-0.39, 0.29) is 0 Å². The smallest absolute Gasteiger partial charge is 0.0744 e. The molecule has 1 saturated carbocycles. The third kappa shape index (κ3) is 2.19. The molecular weight excluding hydrogens is 304 g/mol. The van der Waals surface area contributed by atoms with E-state index < -0.39 is 0 Å². The minimum Gasteiger partial charge on any atom is -0.233 e. The van der Waals surface area contributed by atoms with E-state index in [2.05, 4.69) is 61.1 Å². The molecule has 1 fully saturated rings. The number of nitrogens with zero attached hydrogens (tertiary/aromatic N) is 2. The van der Waals surface area contributed by atoms with Gasteiger partial charge in [-0.3, -0.25) is 0 Å². The van der Waals surface area contributed by atoms with E-state index in [0.29, 0.717) is 5.92 Å². The molecule has 2 heteroatoms. The summed E-state index contributed by atoms with van der Waals surface area (Å²) in [5.41, 5.74) is 7.18. The molecule has 5 rings (SSSR count). The summed E-state index contributed by atoms with van der Waals surface area (Å²) in [6.45, 7) is 4.57. The van der Waals surface area contributed by atoms with Crippen molar-refractivity contribution in [1.29, 1.82) is 0 Å². The molecule has 1 heterocycles. The van der Waals surface area contributed by atoms with Crippen molar-refractivity contribution in [2.24, 2.45) is 0 Å². The van der Waals surface area contributed by atoms with Gasteiger partial charge in [-0.1, -0.05) is 32.0 Å². The van der Waals surface area contributed by atoms with Crippen LogP contribution in [0.5, 0.6) is 0 Å². The summed E-state index contributed by atoms with van der Waals surface area (Å²) in [5, 5.41) is 6.10. The Kier molecular flexibility index (Phi) is 3.48. The van der Waals surface area contributed by atoms with Gasteiger partial charge in [-0.05, 0) is 84.7 Å². The average Bonchev–Trinajstić information content (AvgIpc) is 3.36. The molecule has 2 aromatic carbocycles. The number of hydrogen-bond acceptors (Lipinski definition) is 1. The monoisotopic (exact) mass is 330 g/mol. The van der Waals surface area contributed by atoms with Crippen LogP contribution in [0, 0.1) is 0 Å². The molecule has 25 heavy (non-hydrogen) atoms. The topological polar surface area (TPSA) is 17.8 Å². The summed E-state index contributed by atoms with van der Waals surface area (Å²) >= 11 is 0. The fourth-order valence-corrected chi connectivity index (χ4v) is 5.31. The first-order valence-corrected chi connectivity index (χ1v) is 9.91. The Morgan fingerprint density at radius 3 is 2.52 bits per heavy atom. The van der Waals surface area contributed by atoms with Gasteiger partial charge in [0.25, 0.3) is 0 Å². The van der Waals surface area contributed by atoms with Crippen LogP contribution in [0.4, 0.5) is 0 Å². The molecule has 0 aliphatic heterocycles. The summed E-state index contributed by atoms with van der Waals surface area (Å²) in [6, 6.07) is 13.7. The lowest BCUT2D eigenvalue weighted by molar-refractivity contribution is 0.635. The van der Waals surface area contributed by atoms with Crippen molar-refractivity contribution in [3.8, 4) is 5.69 Å². The summed E-state index contributed by atoms with van der Waals surface area (Å²) in [5.74, 6) is 2.20. The number of rotatable bonds is 4. The molecule has 128 valence electrons. The average molecular weight is 330 g/mol. The van der Waals surface area contributed by atoms with Crippen molar-refractivity contribution in [1.82, 2.24) is 9.78 Å². The van der Waals surface area contributed by atoms with E-state index in [0.717, 1.165) is 11.8 Å². The number of fused-ring (bicyclic) bond motifs is 6. The van der Waals surface area contributed by atoms with Gasteiger partial charge in [0, 0.05) is 5.39 Å². The second-order valence-corrected chi connectivity index (χ2v) is 7.88. The minimum atomic E-state index is 0.598. The van der Waals surface area contributed by atoms with Crippen molar-refractivity contribution in [2.75, 3.05) is 0 Å². The summed E-state index contributed by atoms with van der Waals surface area (Å²) in [6.07, 6.45) is 8.54.